The van der Waals surface area contributed by atoms with Crippen molar-refractivity contribution in [1.82, 2.24) is 69.4 Å². The molecule has 0 saturated heterocycles. The lowest BCUT2D eigenvalue weighted by Gasteiger charge is -2.18. The number of rotatable bonds is 12. The van der Waals surface area contributed by atoms with E-state index in [0.29, 0.717) is 87.3 Å². The minimum atomic E-state index is 0.182. The highest BCUT2D eigenvalue weighted by Gasteiger charge is 2.17. The number of para-hydroxylation sites is 1. The quantitative estimate of drug-likeness (QED) is 0.111. The van der Waals surface area contributed by atoms with Crippen molar-refractivity contribution in [2.45, 2.75) is 338 Å². The Balaban J connectivity index is 0.000000534. The van der Waals surface area contributed by atoms with Gasteiger partial charge in [-0.3, -0.25) is 59.2 Å². The third-order valence-corrected chi connectivity index (χ3v) is 24.7. The van der Waals surface area contributed by atoms with E-state index in [-0.39, 0.29) is 5.41 Å². The predicted molar refractivity (Wildman–Crippen MR) is 641 cm³/mol. The van der Waals surface area contributed by atoms with Crippen molar-refractivity contribution in [2.75, 3.05) is 19.6 Å². The van der Waals surface area contributed by atoms with E-state index in [1.165, 1.54) is 89.6 Å². The molecule has 0 spiro atoms. The van der Waals surface area contributed by atoms with E-state index in [4.69, 9.17) is 4.42 Å². The summed E-state index contributed by atoms with van der Waals surface area (Å²) in [4.78, 5) is 54.4. The fourth-order valence-electron chi connectivity index (χ4n) is 12.5. The minimum absolute atomic E-state index is 0.182. The SMILES string of the molecule is CC(C)(C)c1ccccc1.CC(C)(C)c1ccccn1.CC(C)(C)c1cccs1.CC(C)(C)c1ccsc1.CC(C)C1=CCN=C1.CC(C)C1=NCC=C1.CC(C)c1cccnc1.CC(C)c1ccn(C)n1.CC(C)c1ccncc1.CC(C)c1ccncc1.CC(C)c1cnc2ccccc2c1.CC(C)c1cnccn1.CC(C)c1cncnc1.CC(C)c1cocn1.CC1=CC(C(C)C)=NC1.Cc1cc(C(C)C)nn1C. The standard InChI is InChI=1S/C12H13N.C10H14.C9H13N.C8H14N2.C8H13N.3C8H11N.2C8H12S.C7H10N2.C7H12N2.C7H10N2.2C7H11N.C6H9NO/c1-9(2)11-7-10-5-3-4-6-12(10)13-8-11;1-10(2,3)9-7-5-4-6-8-9;1-9(2,3)8-6-4-5-7-10-8;1-6(2)8-5-7(3)10(4)9-8;1-6(2)8-4-7(3)5-9-8;2*1-7(2)8-3-5-9-6-4-8;1-7(2)8-4-3-5-9-6-8;1-8(2,3)7-4-5-9-6-7;1-8(2,3)7-5-4-6-9-7;1-6(2)7-3-8-5-9-4-7;1-6(2)7-4-5-9(3)8-7;1-6(2)7-5-8-3-4-9-7;1-6(2)7-3-4-8-5-7;1-6(2)7-4-3-5-8-7;1-5(2)6-3-8-4-7-6/h3-9H,1-2H3;4-8H,1-3H3;4-7H,1-3H3;5-6H,1-4H3;4,6H,5H2,1-3H3;3*3-7H,1-2H3;2*4-6H,1-3H3;3-6H,1-2H3;4-6H,1-3H3;3-6H,1-2H3;3,5-6H,4H2,1-2H3;3-4,6H,5H2,1-2H3;3-5H,1-2H3. The van der Waals surface area contributed by atoms with E-state index in [1.807, 2.05) is 170 Å². The number of hydrogen-bond donors (Lipinski definition) is 0. The van der Waals surface area contributed by atoms with E-state index in [1.54, 1.807) is 48.7 Å². The molecule has 0 saturated carbocycles. The molecule has 0 fully saturated rings. The van der Waals surface area contributed by atoms with Crippen LogP contribution in [0.25, 0.3) is 10.9 Å². The first-order valence-corrected chi connectivity index (χ1v) is 54.6. The average Bonchev–Trinajstić information content (AvgIpc) is 0.998. The van der Waals surface area contributed by atoms with Crippen molar-refractivity contribution < 1.29 is 4.42 Å². The van der Waals surface area contributed by atoms with Gasteiger partial charge in [0.25, 0.3) is 0 Å². The molecule has 802 valence electrons. The Labute approximate surface area is 904 Å². The molecular formula is C128H187N17OS2. The predicted octanol–water partition coefficient (Wildman–Crippen LogP) is 35.2. The Morgan fingerprint density at radius 1 is 0.372 bits per heavy atom. The first-order valence-electron chi connectivity index (χ1n) is 52.7. The molecule has 0 N–H and O–H groups in total. The number of aliphatic imine (C=N–C) groups is 3. The van der Waals surface area contributed by atoms with Gasteiger partial charge in [-0.05, 0) is 253 Å². The van der Waals surface area contributed by atoms with Crippen molar-refractivity contribution in [2.24, 2.45) is 46.8 Å². The summed E-state index contributed by atoms with van der Waals surface area (Å²) in [5.41, 5.74) is 23.6. The molecule has 3 aliphatic rings. The number of allylic oxidation sites excluding steroid dienone is 3. The second kappa shape index (κ2) is 71.5. The van der Waals surface area contributed by atoms with E-state index in [0.717, 1.165) is 47.9 Å². The van der Waals surface area contributed by atoms with Crippen LogP contribution < -0.4 is 0 Å². The second-order valence-corrected chi connectivity index (χ2v) is 46.0. The van der Waals surface area contributed by atoms with Gasteiger partial charge in [-0.15, -0.1) is 11.3 Å². The van der Waals surface area contributed by atoms with E-state index >= 15 is 0 Å². The van der Waals surface area contributed by atoms with Gasteiger partial charge in [0, 0.05) is 146 Å². The monoisotopic (exact) mass is 2040 g/mol. The molecule has 0 aliphatic carbocycles. The van der Waals surface area contributed by atoms with Crippen molar-refractivity contribution in [3.05, 3.63) is 381 Å². The van der Waals surface area contributed by atoms with Crippen molar-refractivity contribution in [1.29, 1.82) is 0 Å². The molecule has 17 rings (SSSR count). The number of oxazole rings is 1. The van der Waals surface area contributed by atoms with Gasteiger partial charge in [0.1, 0.15) is 12.6 Å². The van der Waals surface area contributed by atoms with Crippen LogP contribution in [-0.2, 0) is 35.8 Å². The second-order valence-electron chi connectivity index (χ2n) is 44.3. The highest BCUT2D eigenvalue weighted by atomic mass is 32.1. The summed E-state index contributed by atoms with van der Waals surface area (Å²) in [6.45, 7) is 85.1. The smallest absolute Gasteiger partial charge is 0.180 e. The Morgan fingerprint density at radius 3 is 1.22 bits per heavy atom. The number of aryl methyl sites for hydroxylation is 3. The number of nitrogens with zero attached hydrogens (tertiary/aromatic N) is 17. The lowest BCUT2D eigenvalue weighted by Crippen LogP contribution is -2.12. The number of fused-ring (bicyclic) bond motifs is 1. The highest BCUT2D eigenvalue weighted by molar-refractivity contribution is 7.10. The molecule has 0 atom stereocenters. The summed E-state index contributed by atoms with van der Waals surface area (Å²) < 4.78 is 8.51. The van der Waals surface area contributed by atoms with Crippen LogP contribution in [0.5, 0.6) is 0 Å². The summed E-state index contributed by atoms with van der Waals surface area (Å²) in [5.74, 6) is 6.83. The van der Waals surface area contributed by atoms with Crippen LogP contribution in [0, 0.1) is 24.7 Å². The van der Waals surface area contributed by atoms with Gasteiger partial charge in [0.15, 0.2) is 6.39 Å². The van der Waals surface area contributed by atoms with E-state index in [2.05, 4.69) is 457 Å². The Morgan fingerprint density at radius 2 is 0.926 bits per heavy atom. The van der Waals surface area contributed by atoms with Crippen molar-refractivity contribution in [3.8, 4) is 0 Å². The summed E-state index contributed by atoms with van der Waals surface area (Å²) >= 11 is 3.60. The van der Waals surface area contributed by atoms with Gasteiger partial charge in [-0.1, -0.05) is 334 Å². The van der Waals surface area contributed by atoms with E-state index < -0.39 is 0 Å². The van der Waals surface area contributed by atoms with Gasteiger partial charge in [0.2, 0.25) is 0 Å². The zero-order chi connectivity index (χ0) is 111. The molecule has 14 aromatic rings. The molecule has 0 amide bonds. The molecule has 2 aromatic carbocycles. The molecule has 0 radical (unpaired) electrons. The first-order chi connectivity index (χ1) is 69.6. The van der Waals surface area contributed by atoms with Crippen LogP contribution in [0.2, 0.25) is 0 Å². The first kappa shape index (κ1) is 132. The summed E-state index contributed by atoms with van der Waals surface area (Å²) in [6.07, 6.45) is 40.9. The Hall–Kier alpha value is -12.1. The zero-order valence-electron chi connectivity index (χ0n) is 98.2. The van der Waals surface area contributed by atoms with Gasteiger partial charge in [0.05, 0.1) is 47.9 Å². The normalized spacial score (nSPS) is 12.0. The summed E-state index contributed by atoms with van der Waals surface area (Å²) in [5, 5.41) is 16.2. The zero-order valence-corrected chi connectivity index (χ0v) is 99.8. The van der Waals surface area contributed by atoms with Crippen LogP contribution >= 0.6 is 22.7 Å². The van der Waals surface area contributed by atoms with Crippen LogP contribution in [0.1, 0.15) is 387 Å². The fourth-order valence-corrected chi connectivity index (χ4v) is 14.2. The lowest BCUT2D eigenvalue weighted by atomic mass is 9.87. The maximum absolute atomic E-state index is 4.76. The molecule has 15 heterocycles. The van der Waals surface area contributed by atoms with Gasteiger partial charge in [-0.2, -0.15) is 21.5 Å². The van der Waals surface area contributed by atoms with E-state index in [9.17, 15) is 0 Å². The summed E-state index contributed by atoms with van der Waals surface area (Å²) in [6, 6.07) is 49.9. The number of hydrogen-bond acceptors (Lipinski definition) is 18. The number of aromatic nitrogens is 14. The van der Waals surface area contributed by atoms with Gasteiger partial charge >= 0.3 is 0 Å². The molecule has 12 aromatic heterocycles. The largest absolute Gasteiger partial charge is 0.451 e. The Kier molecular flexibility index (Phi) is 63.7. The molecule has 20 heteroatoms. The number of thiophene rings is 2. The molecule has 148 heavy (non-hydrogen) atoms. The van der Waals surface area contributed by atoms with Crippen LogP contribution in [0.3, 0.4) is 0 Å². The van der Waals surface area contributed by atoms with Crippen LogP contribution in [-0.4, -0.2) is 107 Å². The molecule has 0 unspecified atom stereocenters. The third kappa shape index (κ3) is 58.6. The summed E-state index contributed by atoms with van der Waals surface area (Å²) in [7, 11) is 3.91. The minimum Gasteiger partial charge on any atom is -0.451 e. The number of benzene rings is 2. The maximum Gasteiger partial charge on any atom is 0.180 e. The van der Waals surface area contributed by atoms with Crippen molar-refractivity contribution in [3.63, 3.8) is 0 Å². The van der Waals surface area contributed by atoms with Gasteiger partial charge in [-0.25, -0.2) is 15.0 Å². The topological polar surface area (TPSA) is 215 Å². The molecular weight excluding hydrogens is 1860 g/mol. The van der Waals surface area contributed by atoms with Crippen LogP contribution in [0.4, 0.5) is 0 Å². The van der Waals surface area contributed by atoms with Crippen LogP contribution in [0.15, 0.2) is 322 Å². The average molecular weight is 2040 g/mol. The highest BCUT2D eigenvalue weighted by Crippen LogP contribution is 2.28. The number of pyridine rings is 5. The molecule has 0 bridgehead atoms. The molecule has 18 nitrogen and oxygen atoms in total. The lowest BCUT2D eigenvalue weighted by molar-refractivity contribution is 0.555. The fraction of sp³-hybridized carbons (Fsp3) is 0.461. The van der Waals surface area contributed by atoms with Crippen molar-refractivity contribution >= 4 is 51.2 Å². The maximum atomic E-state index is 4.76. The molecule has 3 aliphatic heterocycles. The third-order valence-electron chi connectivity index (χ3n) is 22.7. The Bertz CT molecular complexity index is 5470. The van der Waals surface area contributed by atoms with Gasteiger partial charge < -0.3 is 4.42 Å².